The topological polar surface area (TPSA) is 82.1 Å². The van der Waals surface area contributed by atoms with Crippen LogP contribution in [-0.2, 0) is 4.79 Å². The van der Waals surface area contributed by atoms with Gasteiger partial charge in [-0.25, -0.2) is 0 Å². The smallest absolute Gasteiger partial charge is 0.298 e. The van der Waals surface area contributed by atoms with Gasteiger partial charge < -0.3 is 14.9 Å². The van der Waals surface area contributed by atoms with Gasteiger partial charge in [-0.2, -0.15) is 0 Å². The van der Waals surface area contributed by atoms with E-state index in [-0.39, 0.29) is 16.7 Å². The molecule has 8 heteroatoms. The van der Waals surface area contributed by atoms with Crippen molar-refractivity contribution in [1.82, 2.24) is 5.27 Å². The summed E-state index contributed by atoms with van der Waals surface area (Å²) >= 11 is 7.10. The van der Waals surface area contributed by atoms with E-state index in [4.69, 9.17) is 16.1 Å². The Morgan fingerprint density at radius 2 is 2.08 bits per heavy atom. The minimum Gasteiger partial charge on any atom is -0.538 e. The van der Waals surface area contributed by atoms with Crippen LogP contribution in [0.2, 0.25) is 5.02 Å². The van der Waals surface area contributed by atoms with Gasteiger partial charge in [0, 0.05) is 22.8 Å². The Hall–Kier alpha value is -2.51. The molecule has 25 heavy (non-hydrogen) atoms. The van der Waals surface area contributed by atoms with E-state index in [0.717, 1.165) is 17.3 Å². The molecule has 0 aliphatic heterocycles. The maximum absolute atomic E-state index is 12.1. The summed E-state index contributed by atoms with van der Waals surface area (Å²) in [5.41, 5.74) is 2.21. The highest BCUT2D eigenvalue weighted by Gasteiger charge is 2.21. The first-order valence-corrected chi connectivity index (χ1v) is 8.74. The molecule has 0 saturated carbocycles. The zero-order valence-corrected chi connectivity index (χ0v) is 14.8. The second kappa shape index (κ2) is 7.58. The van der Waals surface area contributed by atoms with Crippen molar-refractivity contribution in [1.29, 1.82) is 0 Å². The van der Waals surface area contributed by atoms with Gasteiger partial charge in [-0.3, -0.25) is 4.79 Å². The Labute approximate surface area is 153 Å². The van der Waals surface area contributed by atoms with E-state index in [0.29, 0.717) is 16.4 Å². The molecule has 0 spiro atoms. The van der Waals surface area contributed by atoms with Gasteiger partial charge in [-0.05, 0) is 41.1 Å². The number of thioether (sulfide) groups is 1. The van der Waals surface area contributed by atoms with Gasteiger partial charge in [0.2, 0.25) is 11.6 Å². The Morgan fingerprint density at radius 1 is 1.32 bits per heavy atom. The molecule has 6 nitrogen and oxygen atoms in total. The van der Waals surface area contributed by atoms with Crippen LogP contribution in [0, 0.1) is 6.92 Å². The van der Waals surface area contributed by atoms with E-state index in [2.05, 4.69) is 10.6 Å². The monoisotopic (exact) mass is 375 g/mol. The Balaban J connectivity index is 1.68. The number of aryl methyl sites for hydroxylation is 1. The highest BCUT2D eigenvalue weighted by Crippen LogP contribution is 2.24. The fourth-order valence-electron chi connectivity index (χ4n) is 2.10. The molecular formula is C17H14ClN3O3S. The molecule has 128 valence electrons. The third-order valence-corrected chi connectivity index (χ3v) is 4.80. The second-order valence-electron chi connectivity index (χ2n) is 5.21. The van der Waals surface area contributed by atoms with Crippen molar-refractivity contribution >= 4 is 35.0 Å². The van der Waals surface area contributed by atoms with Crippen LogP contribution in [-0.4, -0.2) is 16.9 Å². The molecule has 0 radical (unpaired) electrons. The maximum atomic E-state index is 12.1. The third kappa shape index (κ3) is 4.12. The number of halogens is 1. The Bertz CT molecular complexity index is 899. The minimum absolute atomic E-state index is 0.0365. The number of hydrogen-bond donors (Lipinski definition) is 1. The summed E-state index contributed by atoms with van der Waals surface area (Å²) in [6.45, 7) is 1.88. The average molecular weight is 376 g/mol. The van der Waals surface area contributed by atoms with E-state index in [1.54, 1.807) is 24.3 Å². The first kappa shape index (κ1) is 17.3. The Morgan fingerprint density at radius 3 is 2.80 bits per heavy atom. The molecular weight excluding hydrogens is 362 g/mol. The van der Waals surface area contributed by atoms with Crippen LogP contribution in [0.3, 0.4) is 0 Å². The van der Waals surface area contributed by atoms with Crippen LogP contribution in [0.15, 0.2) is 58.1 Å². The molecule has 3 aromatic rings. The van der Waals surface area contributed by atoms with Crippen molar-refractivity contribution in [2.24, 2.45) is 0 Å². The lowest BCUT2D eigenvalue weighted by atomic mass is 10.2. The normalized spacial score (nSPS) is 10.6. The van der Waals surface area contributed by atoms with E-state index < -0.39 is 5.95 Å². The third-order valence-electron chi connectivity index (χ3n) is 3.37. The van der Waals surface area contributed by atoms with Crippen LogP contribution in [0.4, 0.5) is 5.69 Å². The van der Waals surface area contributed by atoms with Crippen LogP contribution < -0.4 is 15.1 Å². The summed E-state index contributed by atoms with van der Waals surface area (Å²) in [5.74, 6) is -0.806. The molecule has 2 aromatic carbocycles. The van der Waals surface area contributed by atoms with Gasteiger partial charge in [0.25, 0.3) is 5.03 Å². The van der Waals surface area contributed by atoms with Crippen molar-refractivity contribution in [3.63, 3.8) is 0 Å². The largest absolute Gasteiger partial charge is 0.538 e. The maximum Gasteiger partial charge on any atom is 0.298 e. The number of rotatable bonds is 5. The molecule has 0 atom stereocenters. The molecule has 1 N–H and O–H groups in total. The molecule has 1 amide bonds. The molecule has 0 saturated heterocycles. The lowest BCUT2D eigenvalue weighted by molar-refractivity contribution is -0.705. The molecule has 1 heterocycles. The number of carbonyl (C=O) groups excluding carboxylic acids is 1. The summed E-state index contributed by atoms with van der Waals surface area (Å²) in [5, 5.41) is 19.1. The van der Waals surface area contributed by atoms with Crippen LogP contribution >= 0.6 is 23.4 Å². The zero-order valence-electron chi connectivity index (χ0n) is 13.2. The number of hydrogen-bond acceptors (Lipinski definition) is 5. The highest BCUT2D eigenvalue weighted by molar-refractivity contribution is 7.99. The number of nitrogens with one attached hydrogen (secondary N) is 1. The molecule has 3 rings (SSSR count). The van der Waals surface area contributed by atoms with E-state index in [9.17, 15) is 9.90 Å². The first-order chi connectivity index (χ1) is 12.0. The summed E-state index contributed by atoms with van der Waals surface area (Å²) in [6.07, 6.45) is 0. The second-order valence-corrected chi connectivity index (χ2v) is 6.58. The number of amides is 1. The number of carbonyl (C=O) groups is 1. The number of para-hydroxylation sites is 1. The number of benzene rings is 2. The number of anilines is 1. The average Bonchev–Trinajstić information content (AvgIpc) is 2.98. The van der Waals surface area contributed by atoms with Crippen LogP contribution in [0.5, 0.6) is 5.95 Å². The number of aromatic nitrogens is 2. The van der Waals surface area contributed by atoms with Crippen molar-refractivity contribution in [3.05, 3.63) is 59.1 Å². The quantitative estimate of drug-likeness (QED) is 0.547. The summed E-state index contributed by atoms with van der Waals surface area (Å²) in [7, 11) is 0. The zero-order chi connectivity index (χ0) is 17.8. The predicted octanol–water partition coefficient (Wildman–Crippen LogP) is 2.72. The van der Waals surface area contributed by atoms with Gasteiger partial charge in [0.05, 0.1) is 11.0 Å². The van der Waals surface area contributed by atoms with Crippen LogP contribution in [0.25, 0.3) is 5.69 Å². The molecule has 0 bridgehead atoms. The SMILES string of the molecule is Cc1ccc(NC(=O)CSc2c([O-])on[n+]2-c2ccccc2)cc1Cl. The highest BCUT2D eigenvalue weighted by atomic mass is 35.5. The molecule has 0 aliphatic carbocycles. The fraction of sp³-hybridized carbons (Fsp3) is 0.118. The van der Waals surface area contributed by atoms with Crippen molar-refractivity contribution in [2.75, 3.05) is 11.1 Å². The van der Waals surface area contributed by atoms with Gasteiger partial charge in [0.15, 0.2) is 5.95 Å². The van der Waals surface area contributed by atoms with Gasteiger partial charge >= 0.3 is 0 Å². The van der Waals surface area contributed by atoms with Crippen LogP contribution in [0.1, 0.15) is 5.56 Å². The van der Waals surface area contributed by atoms with E-state index in [1.165, 1.54) is 4.68 Å². The lowest BCUT2D eigenvalue weighted by Crippen LogP contribution is -2.35. The number of nitrogens with zero attached hydrogens (tertiary/aromatic N) is 2. The summed E-state index contributed by atoms with van der Waals surface area (Å²) < 4.78 is 6.09. The van der Waals surface area contributed by atoms with E-state index >= 15 is 0 Å². The standard InChI is InChI=1S/C17H14ClN3O3S/c1-11-7-8-12(9-14(11)18)19-15(22)10-25-16-17(23)24-20-21(16)13-5-3-2-4-6-13/h2-9H,10H2,1H3,(H-,19,20,22,23). The first-order valence-electron chi connectivity index (χ1n) is 7.38. The van der Waals surface area contributed by atoms with Gasteiger partial charge in [-0.1, -0.05) is 35.9 Å². The van der Waals surface area contributed by atoms with Crippen molar-refractivity contribution in [2.45, 2.75) is 11.9 Å². The van der Waals surface area contributed by atoms with E-state index in [1.807, 2.05) is 31.2 Å². The predicted molar refractivity (Wildman–Crippen MR) is 93.0 cm³/mol. The fourth-order valence-corrected chi connectivity index (χ4v) is 3.03. The molecule has 0 fully saturated rings. The lowest BCUT2D eigenvalue weighted by Gasteiger charge is -2.06. The van der Waals surface area contributed by atoms with Gasteiger partial charge in [0.1, 0.15) is 0 Å². The van der Waals surface area contributed by atoms with Crippen molar-refractivity contribution < 1.29 is 19.1 Å². The molecule has 1 aromatic heterocycles. The Kier molecular flexibility index (Phi) is 5.25. The molecule has 0 unspecified atom stereocenters. The van der Waals surface area contributed by atoms with Gasteiger partial charge in [-0.15, -0.1) is 0 Å². The summed E-state index contributed by atoms with van der Waals surface area (Å²) in [4.78, 5) is 12.1. The van der Waals surface area contributed by atoms with Crippen molar-refractivity contribution in [3.8, 4) is 11.6 Å². The minimum atomic E-state index is -0.583. The summed E-state index contributed by atoms with van der Waals surface area (Å²) in [6, 6.07) is 14.4. The molecule has 0 aliphatic rings.